The normalized spacial score (nSPS) is 21.0. The lowest BCUT2D eigenvalue weighted by molar-refractivity contribution is -0.137. The lowest BCUT2D eigenvalue weighted by Crippen LogP contribution is -2.47. The predicted molar refractivity (Wildman–Crippen MR) is 109 cm³/mol. The van der Waals surface area contributed by atoms with Crippen molar-refractivity contribution in [2.75, 3.05) is 33.2 Å². The fourth-order valence-corrected chi connectivity index (χ4v) is 4.52. The number of likely N-dealkylation sites (N-methyl/N-ethyl adjacent to an activating group) is 1. The van der Waals surface area contributed by atoms with Gasteiger partial charge in [0.2, 0.25) is 5.91 Å². The number of piperidine rings is 1. The van der Waals surface area contributed by atoms with Crippen molar-refractivity contribution in [3.63, 3.8) is 0 Å². The first kappa shape index (κ1) is 20.0. The highest BCUT2D eigenvalue weighted by Gasteiger charge is 2.37. The van der Waals surface area contributed by atoms with Gasteiger partial charge in [0.25, 0.3) is 0 Å². The molecule has 2 aliphatic heterocycles. The number of carbonyl (C=O) groups is 1. The van der Waals surface area contributed by atoms with Gasteiger partial charge in [-0.25, -0.2) is 4.39 Å². The third-order valence-electron chi connectivity index (χ3n) is 6.43. The molecule has 1 unspecified atom stereocenters. The maximum absolute atomic E-state index is 13.7. The monoisotopic (exact) mass is 399 g/mol. The molecule has 0 aliphatic carbocycles. The molecule has 0 spiro atoms. The van der Waals surface area contributed by atoms with Gasteiger partial charge in [-0.1, -0.05) is 12.1 Å². The number of halogens is 1. The van der Waals surface area contributed by atoms with E-state index in [4.69, 9.17) is 0 Å². The summed E-state index contributed by atoms with van der Waals surface area (Å²) in [5.41, 5.74) is -0.0574. The maximum atomic E-state index is 13.7. The molecule has 7 heteroatoms. The van der Waals surface area contributed by atoms with Gasteiger partial charge in [0.1, 0.15) is 17.5 Å². The summed E-state index contributed by atoms with van der Waals surface area (Å²) in [4.78, 5) is 17.6. The van der Waals surface area contributed by atoms with Gasteiger partial charge in [0.05, 0.1) is 5.41 Å². The van der Waals surface area contributed by atoms with Crippen LogP contribution in [0.15, 0.2) is 24.3 Å². The van der Waals surface area contributed by atoms with Crippen molar-refractivity contribution < 1.29 is 9.18 Å². The Balaban J connectivity index is 1.53. The summed E-state index contributed by atoms with van der Waals surface area (Å²) in [6.07, 6.45) is 2.86. The van der Waals surface area contributed by atoms with Crippen molar-refractivity contribution in [1.82, 2.24) is 24.6 Å². The van der Waals surface area contributed by atoms with Crippen LogP contribution < -0.4 is 0 Å². The van der Waals surface area contributed by atoms with E-state index in [1.807, 2.05) is 24.8 Å². The second-order valence-corrected chi connectivity index (χ2v) is 8.91. The van der Waals surface area contributed by atoms with Crippen LogP contribution in [0.5, 0.6) is 0 Å². The minimum Gasteiger partial charge on any atom is -0.341 e. The Kier molecular flexibility index (Phi) is 5.42. The minimum atomic E-state index is -0.769. The van der Waals surface area contributed by atoms with Crippen LogP contribution in [-0.2, 0) is 23.2 Å². The van der Waals surface area contributed by atoms with Crippen molar-refractivity contribution in [3.8, 4) is 0 Å². The van der Waals surface area contributed by atoms with Gasteiger partial charge in [-0.05, 0) is 51.4 Å². The molecule has 4 rings (SSSR count). The molecule has 0 radical (unpaired) electrons. The van der Waals surface area contributed by atoms with Crippen LogP contribution in [0.3, 0.4) is 0 Å². The quantitative estimate of drug-likeness (QED) is 0.796. The Morgan fingerprint density at radius 1 is 1.17 bits per heavy atom. The summed E-state index contributed by atoms with van der Waals surface area (Å²) >= 11 is 0. The molecule has 29 heavy (non-hydrogen) atoms. The Morgan fingerprint density at radius 2 is 2.00 bits per heavy atom. The molecule has 0 N–H and O–H groups in total. The first-order valence-corrected chi connectivity index (χ1v) is 10.5. The number of nitrogens with zero attached hydrogens (tertiary/aromatic N) is 5. The Morgan fingerprint density at radius 3 is 2.79 bits per heavy atom. The molecule has 1 amide bonds. The van der Waals surface area contributed by atoms with Crippen LogP contribution >= 0.6 is 0 Å². The van der Waals surface area contributed by atoms with E-state index in [1.165, 1.54) is 12.1 Å². The molecule has 1 aromatic heterocycles. The average Bonchev–Trinajstić information content (AvgIpc) is 3.04. The zero-order chi connectivity index (χ0) is 20.6. The molecule has 2 aromatic rings. The molecule has 3 heterocycles. The van der Waals surface area contributed by atoms with Crippen molar-refractivity contribution in [2.24, 2.45) is 0 Å². The Labute approximate surface area is 171 Å². The summed E-state index contributed by atoms with van der Waals surface area (Å²) < 4.78 is 16.0. The van der Waals surface area contributed by atoms with Crippen molar-refractivity contribution >= 4 is 5.91 Å². The molecule has 1 saturated heterocycles. The van der Waals surface area contributed by atoms with E-state index in [1.54, 1.807) is 6.07 Å². The highest BCUT2D eigenvalue weighted by molar-refractivity contribution is 5.87. The topological polar surface area (TPSA) is 54.3 Å². The lowest BCUT2D eigenvalue weighted by Gasteiger charge is -2.37. The van der Waals surface area contributed by atoms with Crippen molar-refractivity contribution in [2.45, 2.75) is 51.0 Å². The molecule has 1 atom stereocenters. The summed E-state index contributed by atoms with van der Waals surface area (Å²) in [5, 5.41) is 8.96. The van der Waals surface area contributed by atoms with Crippen LogP contribution in [0.25, 0.3) is 0 Å². The number of benzene rings is 1. The van der Waals surface area contributed by atoms with E-state index in [2.05, 4.69) is 26.7 Å². The number of aromatic nitrogens is 3. The van der Waals surface area contributed by atoms with E-state index < -0.39 is 5.41 Å². The summed E-state index contributed by atoms with van der Waals surface area (Å²) in [6, 6.07) is 6.38. The number of hydrogen-bond donors (Lipinski definition) is 0. The Bertz CT molecular complexity index is 893. The summed E-state index contributed by atoms with van der Waals surface area (Å²) in [7, 11) is 2.13. The molecule has 2 aliphatic rings. The van der Waals surface area contributed by atoms with E-state index in [9.17, 15) is 9.18 Å². The highest BCUT2D eigenvalue weighted by Crippen LogP contribution is 2.32. The van der Waals surface area contributed by atoms with Crippen molar-refractivity contribution in [1.29, 1.82) is 0 Å². The predicted octanol–water partition coefficient (Wildman–Crippen LogP) is 2.59. The first-order chi connectivity index (χ1) is 13.9. The SMILES string of the molecule is CN1CCc2nnc(C3CCCN(C(=O)C(C)(C)c4cccc(F)c4)C3)n2CC1. The van der Waals surface area contributed by atoms with E-state index in [0.717, 1.165) is 57.1 Å². The zero-order valence-corrected chi connectivity index (χ0v) is 17.6. The Hall–Kier alpha value is -2.28. The van der Waals surface area contributed by atoms with E-state index >= 15 is 0 Å². The molecule has 0 saturated carbocycles. The minimum absolute atomic E-state index is 0.0446. The van der Waals surface area contributed by atoms with Gasteiger partial charge < -0.3 is 14.4 Å². The molecule has 1 fully saturated rings. The summed E-state index contributed by atoms with van der Waals surface area (Å²) in [6.45, 7) is 8.02. The first-order valence-electron chi connectivity index (χ1n) is 10.5. The van der Waals surface area contributed by atoms with Crippen molar-refractivity contribution in [3.05, 3.63) is 47.3 Å². The van der Waals surface area contributed by atoms with Gasteiger partial charge in [-0.2, -0.15) is 0 Å². The molecular weight excluding hydrogens is 369 g/mol. The third kappa shape index (κ3) is 3.92. The van der Waals surface area contributed by atoms with Crippen LogP contribution in [0.1, 0.15) is 49.8 Å². The van der Waals surface area contributed by atoms with E-state index in [0.29, 0.717) is 12.1 Å². The fourth-order valence-electron chi connectivity index (χ4n) is 4.52. The van der Waals surface area contributed by atoms with Crippen LogP contribution in [0.4, 0.5) is 4.39 Å². The zero-order valence-electron chi connectivity index (χ0n) is 17.6. The third-order valence-corrected chi connectivity index (χ3v) is 6.43. The molecular formula is C22H30FN5O. The highest BCUT2D eigenvalue weighted by atomic mass is 19.1. The molecule has 6 nitrogen and oxygen atoms in total. The lowest BCUT2D eigenvalue weighted by atomic mass is 9.82. The smallest absolute Gasteiger partial charge is 0.232 e. The number of rotatable bonds is 3. The van der Waals surface area contributed by atoms with Crippen LogP contribution in [-0.4, -0.2) is 63.7 Å². The maximum Gasteiger partial charge on any atom is 0.232 e. The van der Waals surface area contributed by atoms with Crippen LogP contribution in [0, 0.1) is 5.82 Å². The number of likely N-dealkylation sites (tertiary alicyclic amines) is 1. The second kappa shape index (κ2) is 7.86. The standard InChI is InChI=1S/C22H30FN5O/c1-22(2,17-7-4-8-18(23)14-17)21(29)27-10-5-6-16(15-27)20-25-24-19-9-11-26(3)12-13-28(19)20/h4,7-8,14,16H,5-6,9-13,15H2,1-3H3. The summed E-state index contributed by atoms with van der Waals surface area (Å²) in [5.74, 6) is 1.99. The van der Waals surface area contributed by atoms with E-state index in [-0.39, 0.29) is 17.6 Å². The number of amides is 1. The molecule has 0 bridgehead atoms. The second-order valence-electron chi connectivity index (χ2n) is 8.91. The van der Waals surface area contributed by atoms with Gasteiger partial charge in [-0.3, -0.25) is 4.79 Å². The number of carbonyl (C=O) groups excluding carboxylic acids is 1. The molecule has 156 valence electrons. The number of fused-ring (bicyclic) bond motifs is 1. The largest absolute Gasteiger partial charge is 0.341 e. The number of hydrogen-bond acceptors (Lipinski definition) is 4. The van der Waals surface area contributed by atoms with Gasteiger partial charge in [0, 0.05) is 45.1 Å². The molecule has 1 aromatic carbocycles. The van der Waals surface area contributed by atoms with Gasteiger partial charge in [-0.15, -0.1) is 10.2 Å². The van der Waals surface area contributed by atoms with Crippen LogP contribution in [0.2, 0.25) is 0 Å². The average molecular weight is 400 g/mol. The van der Waals surface area contributed by atoms with Gasteiger partial charge in [0.15, 0.2) is 0 Å². The van der Waals surface area contributed by atoms with Gasteiger partial charge >= 0.3 is 0 Å². The fraction of sp³-hybridized carbons (Fsp3) is 0.591.